The van der Waals surface area contributed by atoms with Gasteiger partial charge in [0.25, 0.3) is 0 Å². The Morgan fingerprint density at radius 2 is 1.86 bits per heavy atom. The first kappa shape index (κ1) is 18.5. The van der Waals surface area contributed by atoms with Crippen molar-refractivity contribution in [1.82, 2.24) is 14.6 Å². The molecule has 1 aliphatic rings. The van der Waals surface area contributed by atoms with Crippen molar-refractivity contribution < 1.29 is 13.2 Å². The molecule has 0 aliphatic heterocycles. The van der Waals surface area contributed by atoms with Gasteiger partial charge in [-0.2, -0.15) is 13.2 Å². The summed E-state index contributed by atoms with van der Waals surface area (Å²) in [5.41, 5.74) is 13.4. The van der Waals surface area contributed by atoms with E-state index in [1.54, 1.807) is 16.6 Å². The van der Waals surface area contributed by atoms with Gasteiger partial charge in [-0.15, -0.1) is 5.10 Å². The summed E-state index contributed by atoms with van der Waals surface area (Å²) < 4.78 is 40.5. The van der Waals surface area contributed by atoms with Gasteiger partial charge in [-0.05, 0) is 43.9 Å². The van der Waals surface area contributed by atoms with E-state index >= 15 is 0 Å². The third-order valence-corrected chi connectivity index (χ3v) is 5.12. The molecule has 0 unspecified atom stereocenters. The van der Waals surface area contributed by atoms with E-state index in [0.717, 1.165) is 43.5 Å². The molecule has 0 atom stereocenters. The van der Waals surface area contributed by atoms with Crippen LogP contribution in [0.1, 0.15) is 42.9 Å². The Morgan fingerprint density at radius 1 is 1.11 bits per heavy atom. The molecule has 4 rings (SSSR count). The minimum Gasteiger partial charge on any atom is -0.382 e. The predicted molar refractivity (Wildman–Crippen MR) is 101 cm³/mol. The maximum Gasteiger partial charge on any atom is 0.416 e. The molecule has 9 heteroatoms. The highest BCUT2D eigenvalue weighted by Gasteiger charge is 2.30. The molecule has 28 heavy (non-hydrogen) atoms. The summed E-state index contributed by atoms with van der Waals surface area (Å²) in [6, 6.07) is 6.82. The molecule has 0 saturated heterocycles. The highest BCUT2D eigenvalue weighted by atomic mass is 19.4. The number of alkyl halides is 3. The fourth-order valence-electron chi connectivity index (χ4n) is 3.65. The Morgan fingerprint density at radius 3 is 2.57 bits per heavy atom. The molecular weight excluding hydrogens is 369 g/mol. The molecule has 2 aromatic heterocycles. The van der Waals surface area contributed by atoms with Crippen LogP contribution >= 0.6 is 0 Å². The highest BCUT2D eigenvalue weighted by Crippen LogP contribution is 2.34. The lowest BCUT2D eigenvalue weighted by Gasteiger charge is -2.24. The number of nitrogens with zero attached hydrogens (tertiary/aromatic N) is 3. The second-order valence-electron chi connectivity index (χ2n) is 7.23. The molecular formula is C19H21F3N6. The second kappa shape index (κ2) is 6.97. The highest BCUT2D eigenvalue weighted by molar-refractivity contribution is 5.76. The minimum atomic E-state index is -4.41. The topological polar surface area (TPSA) is 94.3 Å². The first-order valence-corrected chi connectivity index (χ1v) is 9.15. The van der Waals surface area contributed by atoms with E-state index in [4.69, 9.17) is 11.5 Å². The van der Waals surface area contributed by atoms with Gasteiger partial charge in [0.1, 0.15) is 5.82 Å². The molecule has 1 aromatic carbocycles. The molecule has 0 spiro atoms. The quantitative estimate of drug-likeness (QED) is 0.627. The number of benzene rings is 1. The van der Waals surface area contributed by atoms with Crippen LogP contribution in [0.2, 0.25) is 0 Å². The van der Waals surface area contributed by atoms with Crippen LogP contribution in [0, 0.1) is 0 Å². The van der Waals surface area contributed by atoms with Gasteiger partial charge in [0.15, 0.2) is 5.65 Å². The molecule has 148 valence electrons. The Hall–Kier alpha value is -2.81. The lowest BCUT2D eigenvalue weighted by atomic mass is 9.85. The normalized spacial score (nSPS) is 20.4. The zero-order valence-corrected chi connectivity index (χ0v) is 15.1. The lowest BCUT2D eigenvalue weighted by Crippen LogP contribution is -2.25. The number of fused-ring (bicyclic) bond motifs is 1. The Bertz CT molecular complexity index is 989. The van der Waals surface area contributed by atoms with Crippen molar-refractivity contribution in [3.05, 3.63) is 47.8 Å². The van der Waals surface area contributed by atoms with Crippen molar-refractivity contribution in [2.24, 2.45) is 5.73 Å². The number of hydrogen-bond donors (Lipinski definition) is 3. The van der Waals surface area contributed by atoms with Gasteiger partial charge >= 0.3 is 6.18 Å². The van der Waals surface area contributed by atoms with Gasteiger partial charge in [-0.25, -0.2) is 9.50 Å². The SMILES string of the molecule is Nc1cc(Nc2cccc(C(F)(F)F)c2)c2nc(C3CCC(N)CC3)cn2n1. The van der Waals surface area contributed by atoms with Crippen LogP contribution in [0.4, 0.5) is 30.4 Å². The van der Waals surface area contributed by atoms with Crippen molar-refractivity contribution in [1.29, 1.82) is 0 Å². The van der Waals surface area contributed by atoms with E-state index in [1.165, 1.54) is 6.07 Å². The maximum absolute atomic E-state index is 13.0. The van der Waals surface area contributed by atoms with Crippen molar-refractivity contribution >= 4 is 22.8 Å². The van der Waals surface area contributed by atoms with Gasteiger partial charge in [0, 0.05) is 23.7 Å². The number of hydrogen-bond acceptors (Lipinski definition) is 5. The van der Waals surface area contributed by atoms with Crippen LogP contribution in [0.5, 0.6) is 0 Å². The summed E-state index contributed by atoms with van der Waals surface area (Å²) in [5.74, 6) is 0.542. The van der Waals surface area contributed by atoms with E-state index in [0.29, 0.717) is 22.9 Å². The summed E-state index contributed by atoms with van der Waals surface area (Å²) in [6.45, 7) is 0. The fourth-order valence-corrected chi connectivity index (χ4v) is 3.65. The standard InChI is InChI=1S/C19H21F3N6/c20-19(21,22)12-2-1-3-14(8-12)25-15-9-17(24)27-28-10-16(26-18(15)28)11-4-6-13(23)7-5-11/h1-3,8-11,13,25H,4-7,23H2,(H2,24,27). The number of nitrogens with two attached hydrogens (primary N) is 2. The summed E-state index contributed by atoms with van der Waals surface area (Å²) in [7, 11) is 0. The van der Waals surface area contributed by atoms with E-state index < -0.39 is 11.7 Å². The van der Waals surface area contributed by atoms with Crippen LogP contribution in [-0.4, -0.2) is 20.6 Å². The van der Waals surface area contributed by atoms with Crippen LogP contribution in [-0.2, 0) is 6.18 Å². The summed E-state index contributed by atoms with van der Waals surface area (Å²) in [6.07, 6.45) is 1.23. The van der Waals surface area contributed by atoms with E-state index in [1.807, 2.05) is 6.20 Å². The Labute approximate surface area is 159 Å². The van der Waals surface area contributed by atoms with Gasteiger partial charge in [0.05, 0.1) is 23.1 Å². The third-order valence-electron chi connectivity index (χ3n) is 5.12. The van der Waals surface area contributed by atoms with Gasteiger partial charge < -0.3 is 16.8 Å². The number of anilines is 3. The average molecular weight is 390 g/mol. The average Bonchev–Trinajstić information content (AvgIpc) is 3.06. The first-order valence-electron chi connectivity index (χ1n) is 9.15. The number of imidazole rings is 1. The minimum absolute atomic E-state index is 0.236. The van der Waals surface area contributed by atoms with Crippen LogP contribution in [0.3, 0.4) is 0 Å². The molecule has 5 N–H and O–H groups in total. The van der Waals surface area contributed by atoms with Crippen molar-refractivity contribution in [2.45, 2.75) is 43.8 Å². The smallest absolute Gasteiger partial charge is 0.382 e. The number of nitrogens with one attached hydrogen (secondary N) is 1. The van der Waals surface area contributed by atoms with Gasteiger partial charge in [-0.1, -0.05) is 6.07 Å². The van der Waals surface area contributed by atoms with Crippen molar-refractivity contribution in [3.63, 3.8) is 0 Å². The van der Waals surface area contributed by atoms with Crippen molar-refractivity contribution in [2.75, 3.05) is 11.1 Å². The fraction of sp³-hybridized carbons (Fsp3) is 0.368. The van der Waals surface area contributed by atoms with E-state index in [2.05, 4.69) is 15.4 Å². The third kappa shape index (κ3) is 3.75. The molecule has 1 aliphatic carbocycles. The molecule has 2 heterocycles. The number of aromatic nitrogens is 3. The predicted octanol–water partition coefficient (Wildman–Crippen LogP) is 4.06. The van der Waals surface area contributed by atoms with Crippen molar-refractivity contribution in [3.8, 4) is 0 Å². The number of rotatable bonds is 3. The molecule has 0 bridgehead atoms. The van der Waals surface area contributed by atoms with Crippen LogP contribution in [0.25, 0.3) is 5.65 Å². The molecule has 0 radical (unpaired) electrons. The molecule has 1 saturated carbocycles. The summed E-state index contributed by atoms with van der Waals surface area (Å²) >= 11 is 0. The first-order chi connectivity index (χ1) is 13.3. The molecule has 0 amide bonds. The maximum atomic E-state index is 13.0. The molecule has 6 nitrogen and oxygen atoms in total. The second-order valence-corrected chi connectivity index (χ2v) is 7.23. The number of nitrogen functional groups attached to an aromatic ring is 1. The molecule has 1 fully saturated rings. The lowest BCUT2D eigenvalue weighted by molar-refractivity contribution is -0.137. The zero-order valence-electron chi connectivity index (χ0n) is 15.1. The summed E-state index contributed by atoms with van der Waals surface area (Å²) in [5, 5.41) is 7.25. The van der Waals surface area contributed by atoms with Gasteiger partial charge in [0.2, 0.25) is 0 Å². The monoisotopic (exact) mass is 390 g/mol. The van der Waals surface area contributed by atoms with E-state index in [-0.39, 0.29) is 11.9 Å². The Kier molecular flexibility index (Phi) is 4.62. The molecule has 3 aromatic rings. The van der Waals surface area contributed by atoms with Gasteiger partial charge in [-0.3, -0.25) is 0 Å². The Balaban J connectivity index is 1.67. The van der Waals surface area contributed by atoms with E-state index in [9.17, 15) is 13.2 Å². The van der Waals surface area contributed by atoms with Crippen LogP contribution in [0.15, 0.2) is 36.5 Å². The number of halogens is 3. The van der Waals surface area contributed by atoms with Crippen LogP contribution < -0.4 is 16.8 Å². The summed E-state index contributed by atoms with van der Waals surface area (Å²) in [4.78, 5) is 4.69. The zero-order chi connectivity index (χ0) is 19.9. The largest absolute Gasteiger partial charge is 0.416 e.